The predicted octanol–water partition coefficient (Wildman–Crippen LogP) is 0.502. The minimum absolute atomic E-state index is 0.0548. The van der Waals surface area contributed by atoms with Crippen molar-refractivity contribution in [2.75, 3.05) is 6.61 Å². The Hall–Kier alpha value is -1.90. The van der Waals surface area contributed by atoms with Gasteiger partial charge in [0.15, 0.2) is 12.4 Å². The molecular formula is C23H30O8. The second-order valence-corrected chi connectivity index (χ2v) is 10.2. The lowest BCUT2D eigenvalue weighted by Crippen LogP contribution is -2.66. The summed E-state index contributed by atoms with van der Waals surface area (Å²) in [6.45, 7) is 4.15. The molecule has 3 saturated carbocycles. The fourth-order valence-electron chi connectivity index (χ4n) is 7.14. The lowest BCUT2D eigenvalue weighted by atomic mass is 9.44. The zero-order chi connectivity index (χ0) is 22.9. The van der Waals surface area contributed by atoms with Crippen molar-refractivity contribution in [1.29, 1.82) is 0 Å². The van der Waals surface area contributed by atoms with Gasteiger partial charge in [0.05, 0.1) is 6.10 Å². The Labute approximate surface area is 180 Å². The van der Waals surface area contributed by atoms with E-state index in [2.05, 4.69) is 0 Å². The van der Waals surface area contributed by atoms with Crippen LogP contribution in [0, 0.1) is 28.6 Å². The van der Waals surface area contributed by atoms with Crippen molar-refractivity contribution in [3.05, 3.63) is 11.6 Å². The first-order valence-electron chi connectivity index (χ1n) is 10.9. The van der Waals surface area contributed by atoms with Gasteiger partial charge in [-0.15, -0.1) is 0 Å². The molecule has 4 aliphatic rings. The first-order valence-corrected chi connectivity index (χ1v) is 10.9. The maximum absolute atomic E-state index is 13.5. The van der Waals surface area contributed by atoms with Gasteiger partial charge in [-0.05, 0) is 36.8 Å². The molecule has 0 heterocycles. The minimum Gasteiger partial charge on any atom is -0.458 e. The van der Waals surface area contributed by atoms with Gasteiger partial charge in [-0.2, -0.15) is 0 Å². The molecule has 0 aliphatic heterocycles. The number of fused-ring (bicyclic) bond motifs is 5. The third-order valence-electron chi connectivity index (χ3n) is 8.78. The molecule has 170 valence electrons. The number of esters is 1. The van der Waals surface area contributed by atoms with Gasteiger partial charge in [0.2, 0.25) is 5.78 Å². The van der Waals surface area contributed by atoms with Crippen LogP contribution in [0.2, 0.25) is 0 Å². The zero-order valence-electron chi connectivity index (χ0n) is 18.1. The van der Waals surface area contributed by atoms with E-state index >= 15 is 0 Å². The second kappa shape index (κ2) is 7.05. The normalized spacial score (nSPS) is 46.5. The second-order valence-electron chi connectivity index (χ2n) is 10.2. The Bertz CT molecular complexity index is 892. The summed E-state index contributed by atoms with van der Waals surface area (Å²) >= 11 is 0. The van der Waals surface area contributed by atoms with Crippen LogP contribution in [0.25, 0.3) is 0 Å². The highest BCUT2D eigenvalue weighted by Crippen LogP contribution is 2.66. The summed E-state index contributed by atoms with van der Waals surface area (Å²) in [5, 5.41) is 33.4. The van der Waals surface area contributed by atoms with Crippen LogP contribution in [0.4, 0.5) is 0 Å². The summed E-state index contributed by atoms with van der Waals surface area (Å²) in [7, 11) is 0. The van der Waals surface area contributed by atoms with Crippen LogP contribution >= 0.6 is 0 Å². The number of rotatable bonds is 3. The van der Waals surface area contributed by atoms with Crippen molar-refractivity contribution in [3.63, 3.8) is 0 Å². The van der Waals surface area contributed by atoms with Crippen molar-refractivity contribution >= 4 is 23.3 Å². The molecule has 4 aliphatic carbocycles. The number of aliphatic hydroxyl groups excluding tert-OH is 2. The number of ether oxygens (including phenoxy) is 1. The summed E-state index contributed by atoms with van der Waals surface area (Å²) in [5.74, 6) is -3.24. The quantitative estimate of drug-likeness (QED) is 0.546. The Morgan fingerprint density at radius 3 is 2.52 bits per heavy atom. The van der Waals surface area contributed by atoms with Crippen LogP contribution in [-0.4, -0.2) is 63.1 Å². The van der Waals surface area contributed by atoms with E-state index in [0.717, 1.165) is 0 Å². The van der Waals surface area contributed by atoms with E-state index in [4.69, 9.17) is 4.74 Å². The van der Waals surface area contributed by atoms with Crippen molar-refractivity contribution in [1.82, 2.24) is 0 Å². The van der Waals surface area contributed by atoms with Gasteiger partial charge in [-0.25, -0.2) is 0 Å². The number of hydrogen-bond acceptors (Lipinski definition) is 8. The first kappa shape index (κ1) is 22.3. The van der Waals surface area contributed by atoms with E-state index in [1.165, 1.54) is 13.0 Å². The van der Waals surface area contributed by atoms with Gasteiger partial charge in [-0.1, -0.05) is 13.8 Å². The van der Waals surface area contributed by atoms with Crippen LogP contribution in [0.3, 0.4) is 0 Å². The summed E-state index contributed by atoms with van der Waals surface area (Å²) < 4.78 is 4.81. The zero-order valence-corrected chi connectivity index (χ0v) is 18.1. The molecule has 8 nitrogen and oxygen atoms in total. The maximum Gasteiger partial charge on any atom is 0.303 e. The van der Waals surface area contributed by atoms with E-state index in [0.29, 0.717) is 18.4 Å². The molecular weight excluding hydrogens is 404 g/mol. The topological polar surface area (TPSA) is 138 Å². The Morgan fingerprint density at radius 1 is 1.19 bits per heavy atom. The van der Waals surface area contributed by atoms with Crippen molar-refractivity contribution < 1.29 is 39.2 Å². The Balaban J connectivity index is 1.74. The number of Topliss-reactive ketones (excluding diaryl/α,β-unsaturated/α-hetero) is 2. The smallest absolute Gasteiger partial charge is 0.303 e. The Kier molecular flexibility index (Phi) is 5.07. The molecule has 8 atom stereocenters. The fraction of sp³-hybridized carbons (Fsp3) is 0.739. The van der Waals surface area contributed by atoms with Crippen molar-refractivity contribution in [2.45, 2.75) is 70.7 Å². The molecule has 0 saturated heterocycles. The minimum atomic E-state index is -1.86. The third kappa shape index (κ3) is 2.91. The molecule has 0 radical (unpaired) electrons. The largest absolute Gasteiger partial charge is 0.458 e. The average Bonchev–Trinajstić information content (AvgIpc) is 2.96. The van der Waals surface area contributed by atoms with E-state index in [9.17, 15) is 34.5 Å². The maximum atomic E-state index is 13.5. The third-order valence-corrected chi connectivity index (χ3v) is 8.78. The highest BCUT2D eigenvalue weighted by Gasteiger charge is 2.71. The van der Waals surface area contributed by atoms with Gasteiger partial charge in [0, 0.05) is 42.4 Å². The molecule has 0 unspecified atom stereocenters. The predicted molar refractivity (Wildman–Crippen MR) is 106 cm³/mol. The van der Waals surface area contributed by atoms with Crippen LogP contribution in [0.15, 0.2) is 11.6 Å². The van der Waals surface area contributed by atoms with E-state index in [1.807, 2.05) is 6.92 Å². The Morgan fingerprint density at radius 2 is 1.87 bits per heavy atom. The molecule has 3 N–H and O–H groups in total. The van der Waals surface area contributed by atoms with Crippen molar-refractivity contribution in [2.24, 2.45) is 28.6 Å². The van der Waals surface area contributed by atoms with Crippen LogP contribution in [0.1, 0.15) is 52.9 Å². The summed E-state index contributed by atoms with van der Waals surface area (Å²) in [4.78, 5) is 49.5. The molecule has 0 aromatic heterocycles. The van der Waals surface area contributed by atoms with Crippen LogP contribution in [-0.2, 0) is 23.9 Å². The van der Waals surface area contributed by atoms with E-state index in [1.54, 1.807) is 6.92 Å². The van der Waals surface area contributed by atoms with E-state index < -0.39 is 58.8 Å². The molecule has 0 amide bonds. The molecule has 0 aromatic rings. The number of hydrogen-bond donors (Lipinski definition) is 3. The molecule has 3 fully saturated rings. The number of aliphatic hydroxyl groups is 3. The SMILES string of the molecule is CC(=O)OCC(=O)[C@@]1(O)CC[C@H]2[C@@H]3[C@H](O)[C@@H](O)C4=CC(=O)CC[C@]4(C)[C@H]3C(=O)C[C@@]21C. The molecule has 0 bridgehead atoms. The number of carbonyl (C=O) groups is 4. The van der Waals surface area contributed by atoms with Gasteiger partial charge in [0.25, 0.3) is 0 Å². The molecule has 0 aromatic carbocycles. The average molecular weight is 434 g/mol. The van der Waals surface area contributed by atoms with Gasteiger partial charge >= 0.3 is 5.97 Å². The summed E-state index contributed by atoms with van der Waals surface area (Å²) in [5.41, 5.74) is -3.35. The summed E-state index contributed by atoms with van der Waals surface area (Å²) in [6.07, 6.45) is -0.0788. The van der Waals surface area contributed by atoms with Crippen LogP contribution < -0.4 is 0 Å². The number of carbonyl (C=O) groups excluding carboxylic acids is 4. The highest BCUT2D eigenvalue weighted by atomic mass is 16.5. The van der Waals surface area contributed by atoms with Gasteiger partial charge in [0.1, 0.15) is 17.5 Å². The summed E-state index contributed by atoms with van der Waals surface area (Å²) in [6, 6.07) is 0. The fourth-order valence-corrected chi connectivity index (χ4v) is 7.14. The lowest BCUT2D eigenvalue weighted by Gasteiger charge is -2.60. The molecule has 8 heteroatoms. The van der Waals surface area contributed by atoms with Crippen LogP contribution in [0.5, 0.6) is 0 Å². The van der Waals surface area contributed by atoms with E-state index in [-0.39, 0.29) is 36.7 Å². The standard InChI is InChI=1S/C23H30O8/c1-11(24)31-10-16(27)23(30)7-5-13-17-18(15(26)9-22(13,23)3)21(2)6-4-12(25)8-14(21)19(28)20(17)29/h8,13,17-20,28-30H,4-7,9-10H2,1-3H3/t13-,17-,18-,19-,20-,21-,22-,23-/m0/s1. The van der Waals surface area contributed by atoms with Crippen molar-refractivity contribution in [3.8, 4) is 0 Å². The first-order chi connectivity index (χ1) is 14.4. The molecule has 31 heavy (non-hydrogen) atoms. The highest BCUT2D eigenvalue weighted by molar-refractivity contribution is 5.95. The monoisotopic (exact) mass is 434 g/mol. The van der Waals surface area contributed by atoms with Gasteiger partial charge < -0.3 is 20.1 Å². The number of ketones is 3. The van der Waals surface area contributed by atoms with Gasteiger partial charge in [-0.3, -0.25) is 19.2 Å². The molecule has 4 rings (SSSR count). The lowest BCUT2D eigenvalue weighted by molar-refractivity contribution is -0.187. The molecule has 0 spiro atoms.